The van der Waals surface area contributed by atoms with Crippen LogP contribution in [0.4, 0.5) is 13.2 Å². The van der Waals surface area contributed by atoms with Gasteiger partial charge in [0.15, 0.2) is 0 Å². The van der Waals surface area contributed by atoms with Crippen LogP contribution in [0.25, 0.3) is 27.5 Å². The summed E-state index contributed by atoms with van der Waals surface area (Å²) in [6.07, 6.45) is 0.887. The SMILES string of the molecule is O=C(CCC(F)(F)F)N1CC=C(c2cnnc3cnc4[nH]ccc4c23)C1. The summed E-state index contributed by atoms with van der Waals surface area (Å²) in [5.41, 5.74) is 2.99. The Hall–Kier alpha value is -2.97. The van der Waals surface area contributed by atoms with Crippen LogP contribution in [-0.4, -0.2) is 50.2 Å². The smallest absolute Gasteiger partial charge is 0.346 e. The maximum Gasteiger partial charge on any atom is 0.389 e. The molecule has 0 aliphatic carbocycles. The molecule has 1 aliphatic heterocycles. The first-order valence-corrected chi connectivity index (χ1v) is 8.04. The van der Waals surface area contributed by atoms with E-state index in [1.807, 2.05) is 12.1 Å². The maximum atomic E-state index is 12.3. The summed E-state index contributed by atoms with van der Waals surface area (Å²) in [4.78, 5) is 20.8. The zero-order valence-corrected chi connectivity index (χ0v) is 13.5. The molecule has 0 fully saturated rings. The summed E-state index contributed by atoms with van der Waals surface area (Å²) in [5.74, 6) is -0.506. The van der Waals surface area contributed by atoms with Gasteiger partial charge in [0.25, 0.3) is 0 Å². The number of aromatic nitrogens is 4. The molecule has 0 atom stereocenters. The third kappa shape index (κ3) is 3.00. The third-order valence-corrected chi connectivity index (χ3v) is 4.43. The van der Waals surface area contributed by atoms with E-state index in [0.717, 1.165) is 21.9 Å². The largest absolute Gasteiger partial charge is 0.389 e. The van der Waals surface area contributed by atoms with Gasteiger partial charge in [-0.15, -0.1) is 5.10 Å². The molecule has 6 nitrogen and oxygen atoms in total. The van der Waals surface area contributed by atoms with E-state index in [4.69, 9.17) is 0 Å². The van der Waals surface area contributed by atoms with Crippen molar-refractivity contribution in [2.45, 2.75) is 19.0 Å². The lowest BCUT2D eigenvalue weighted by Gasteiger charge is -2.17. The molecule has 1 amide bonds. The molecule has 0 radical (unpaired) electrons. The van der Waals surface area contributed by atoms with E-state index in [1.54, 1.807) is 18.6 Å². The summed E-state index contributed by atoms with van der Waals surface area (Å²) < 4.78 is 37.0. The quantitative estimate of drug-likeness (QED) is 0.778. The van der Waals surface area contributed by atoms with E-state index >= 15 is 0 Å². The van der Waals surface area contributed by atoms with Gasteiger partial charge in [-0.05, 0) is 11.6 Å². The van der Waals surface area contributed by atoms with Crippen molar-refractivity contribution < 1.29 is 18.0 Å². The second-order valence-corrected chi connectivity index (χ2v) is 6.14. The number of aromatic amines is 1. The summed E-state index contributed by atoms with van der Waals surface area (Å²) >= 11 is 0. The molecule has 4 rings (SSSR count). The Morgan fingerprint density at radius 1 is 1.31 bits per heavy atom. The monoisotopic (exact) mass is 361 g/mol. The minimum atomic E-state index is -4.33. The fourth-order valence-corrected chi connectivity index (χ4v) is 3.16. The lowest BCUT2D eigenvalue weighted by atomic mass is 10.0. The van der Waals surface area contributed by atoms with Crippen molar-refractivity contribution >= 4 is 33.4 Å². The van der Waals surface area contributed by atoms with Crippen LogP contribution in [-0.2, 0) is 4.79 Å². The van der Waals surface area contributed by atoms with E-state index in [-0.39, 0.29) is 13.1 Å². The minimum Gasteiger partial charge on any atom is -0.346 e. The highest BCUT2D eigenvalue weighted by Gasteiger charge is 2.30. The van der Waals surface area contributed by atoms with Crippen molar-refractivity contribution in [3.05, 3.63) is 36.3 Å². The average Bonchev–Trinajstić information content (AvgIpc) is 3.27. The van der Waals surface area contributed by atoms with Gasteiger partial charge in [0.05, 0.1) is 18.8 Å². The number of alkyl halides is 3. The topological polar surface area (TPSA) is 74.8 Å². The maximum absolute atomic E-state index is 12.3. The Balaban J connectivity index is 1.61. The fourth-order valence-electron chi connectivity index (χ4n) is 3.16. The van der Waals surface area contributed by atoms with E-state index < -0.39 is 24.9 Å². The standard InChI is InChI=1S/C17H14F3N5O/c18-17(19,20)4-1-14(26)25-6-3-10(9-25)12-7-23-24-13-8-22-16-11(15(12)13)2-5-21-16/h2-3,5,7-8H,1,4,6,9H2,(H,21,22). The van der Waals surface area contributed by atoms with Crippen LogP contribution in [0.2, 0.25) is 0 Å². The van der Waals surface area contributed by atoms with Crippen LogP contribution in [0.3, 0.4) is 0 Å². The predicted molar refractivity (Wildman–Crippen MR) is 89.0 cm³/mol. The number of rotatable bonds is 3. The van der Waals surface area contributed by atoms with Gasteiger partial charge in [0, 0.05) is 42.0 Å². The lowest BCUT2D eigenvalue weighted by Crippen LogP contribution is -2.29. The van der Waals surface area contributed by atoms with Crippen LogP contribution in [0.5, 0.6) is 0 Å². The molecule has 9 heteroatoms. The van der Waals surface area contributed by atoms with Crippen LogP contribution >= 0.6 is 0 Å². The molecular weight excluding hydrogens is 347 g/mol. The number of halogens is 3. The Labute approximate surface area is 145 Å². The number of hydrogen-bond donors (Lipinski definition) is 1. The lowest BCUT2D eigenvalue weighted by molar-refractivity contribution is -0.148. The Kier molecular flexibility index (Phi) is 3.86. The molecule has 0 bridgehead atoms. The van der Waals surface area contributed by atoms with Crippen LogP contribution < -0.4 is 0 Å². The Morgan fingerprint density at radius 3 is 2.96 bits per heavy atom. The van der Waals surface area contributed by atoms with Crippen molar-refractivity contribution in [1.82, 2.24) is 25.1 Å². The molecule has 3 aromatic rings. The van der Waals surface area contributed by atoms with E-state index in [2.05, 4.69) is 20.2 Å². The normalized spacial score (nSPS) is 15.0. The molecule has 1 N–H and O–H groups in total. The van der Waals surface area contributed by atoms with Crippen molar-refractivity contribution in [1.29, 1.82) is 0 Å². The van der Waals surface area contributed by atoms with Gasteiger partial charge in [-0.25, -0.2) is 4.98 Å². The van der Waals surface area contributed by atoms with Gasteiger partial charge in [0.1, 0.15) is 11.2 Å². The number of carbonyl (C=O) groups excluding carboxylic acids is 1. The van der Waals surface area contributed by atoms with Crippen molar-refractivity contribution in [2.75, 3.05) is 13.1 Å². The predicted octanol–water partition coefficient (Wildman–Crippen LogP) is 3.07. The molecular formula is C17H14F3N5O. The highest BCUT2D eigenvalue weighted by molar-refractivity contribution is 6.08. The molecule has 0 spiro atoms. The zero-order valence-electron chi connectivity index (χ0n) is 13.5. The number of nitrogens with one attached hydrogen (secondary N) is 1. The highest BCUT2D eigenvalue weighted by Crippen LogP contribution is 2.31. The molecule has 134 valence electrons. The van der Waals surface area contributed by atoms with Crippen molar-refractivity contribution in [3.63, 3.8) is 0 Å². The van der Waals surface area contributed by atoms with Crippen LogP contribution in [0, 0.1) is 0 Å². The van der Waals surface area contributed by atoms with Crippen LogP contribution in [0.15, 0.2) is 30.7 Å². The summed E-state index contributed by atoms with van der Waals surface area (Å²) in [6, 6.07) is 1.89. The summed E-state index contributed by atoms with van der Waals surface area (Å²) in [6.45, 7) is 0.545. The van der Waals surface area contributed by atoms with E-state index in [1.165, 1.54) is 4.90 Å². The molecule has 4 heterocycles. The number of hydrogen-bond acceptors (Lipinski definition) is 4. The van der Waals surface area contributed by atoms with Gasteiger partial charge in [0.2, 0.25) is 5.91 Å². The Morgan fingerprint density at radius 2 is 2.15 bits per heavy atom. The highest BCUT2D eigenvalue weighted by atomic mass is 19.4. The van der Waals surface area contributed by atoms with Gasteiger partial charge >= 0.3 is 6.18 Å². The first-order valence-electron chi connectivity index (χ1n) is 8.04. The number of amides is 1. The molecule has 0 saturated carbocycles. The molecule has 3 aromatic heterocycles. The first kappa shape index (κ1) is 16.5. The number of carbonyl (C=O) groups is 1. The molecule has 26 heavy (non-hydrogen) atoms. The van der Waals surface area contributed by atoms with Gasteiger partial charge < -0.3 is 9.88 Å². The summed E-state index contributed by atoms with van der Waals surface area (Å²) in [7, 11) is 0. The van der Waals surface area contributed by atoms with Gasteiger partial charge in [-0.3, -0.25) is 4.79 Å². The number of fused-ring (bicyclic) bond motifs is 3. The van der Waals surface area contributed by atoms with Crippen molar-refractivity contribution in [3.8, 4) is 0 Å². The summed E-state index contributed by atoms with van der Waals surface area (Å²) in [5, 5.41) is 9.84. The minimum absolute atomic E-state index is 0.256. The van der Waals surface area contributed by atoms with E-state index in [9.17, 15) is 18.0 Å². The van der Waals surface area contributed by atoms with E-state index in [0.29, 0.717) is 11.2 Å². The zero-order chi connectivity index (χ0) is 18.3. The first-order chi connectivity index (χ1) is 12.4. The third-order valence-electron chi connectivity index (χ3n) is 4.43. The Bertz CT molecular complexity index is 1020. The number of H-pyrrole nitrogens is 1. The molecule has 1 aliphatic rings. The number of nitrogens with zero attached hydrogens (tertiary/aromatic N) is 4. The second-order valence-electron chi connectivity index (χ2n) is 6.14. The molecule has 0 saturated heterocycles. The second kappa shape index (κ2) is 6.08. The molecule has 0 unspecified atom stereocenters. The average molecular weight is 361 g/mol. The number of pyridine rings is 1. The van der Waals surface area contributed by atoms with Gasteiger partial charge in [-0.1, -0.05) is 6.08 Å². The van der Waals surface area contributed by atoms with Gasteiger partial charge in [-0.2, -0.15) is 18.3 Å². The van der Waals surface area contributed by atoms with Crippen molar-refractivity contribution in [2.24, 2.45) is 0 Å². The fraction of sp³-hybridized carbons (Fsp3) is 0.294. The van der Waals surface area contributed by atoms with Crippen LogP contribution in [0.1, 0.15) is 18.4 Å². The molecule has 0 aromatic carbocycles.